The highest BCUT2D eigenvalue weighted by molar-refractivity contribution is 5.27. The molecule has 1 N–H and O–H groups in total. The minimum Gasteiger partial charge on any atom is -0.310 e. The lowest BCUT2D eigenvalue weighted by atomic mass is 9.97. The van der Waals surface area contributed by atoms with Gasteiger partial charge in [-0.25, -0.2) is 0 Å². The van der Waals surface area contributed by atoms with Crippen LogP contribution in [0, 0.1) is 23.7 Å². The molecule has 1 aromatic heterocycles. The molecular formula is C17H28N2. The first-order valence-electron chi connectivity index (χ1n) is 7.47. The molecule has 1 aliphatic rings. The summed E-state index contributed by atoms with van der Waals surface area (Å²) in [7, 11) is 0. The van der Waals surface area contributed by atoms with E-state index in [1.807, 2.05) is 12.4 Å². The fourth-order valence-electron chi connectivity index (χ4n) is 3.56. The minimum absolute atomic E-state index is 0.391. The second kappa shape index (κ2) is 4.90. The van der Waals surface area contributed by atoms with Gasteiger partial charge in [-0.3, -0.25) is 4.98 Å². The number of hydrogen-bond donors (Lipinski definition) is 1. The van der Waals surface area contributed by atoms with Crippen molar-refractivity contribution in [2.45, 2.75) is 54.0 Å². The molecule has 2 nitrogen and oxygen atoms in total. The Morgan fingerprint density at radius 2 is 1.84 bits per heavy atom. The van der Waals surface area contributed by atoms with Gasteiger partial charge < -0.3 is 5.32 Å². The second-order valence-corrected chi connectivity index (χ2v) is 7.15. The lowest BCUT2D eigenvalue weighted by Gasteiger charge is -2.21. The number of rotatable bonds is 5. The molecule has 0 radical (unpaired) electrons. The largest absolute Gasteiger partial charge is 0.310 e. The van der Waals surface area contributed by atoms with Crippen molar-refractivity contribution in [3.05, 3.63) is 29.6 Å². The fourth-order valence-corrected chi connectivity index (χ4v) is 3.56. The fraction of sp³-hybridized carbons (Fsp3) is 0.706. The molecule has 2 heteroatoms. The lowest BCUT2D eigenvalue weighted by Crippen LogP contribution is -2.26. The smallest absolute Gasteiger partial charge is 0.0374 e. The standard InChI is InChI=1S/C17H28N2/c1-7-8-19-14(13-9-12(2)10-18-11-13)15-16(3,4)17(15,5)6/h9-11,14-15,19H,7-8H2,1-6H3. The lowest BCUT2D eigenvalue weighted by molar-refractivity contribution is 0.409. The first-order chi connectivity index (χ1) is 8.82. The van der Waals surface area contributed by atoms with Gasteiger partial charge in [0.05, 0.1) is 0 Å². The Morgan fingerprint density at radius 1 is 1.21 bits per heavy atom. The van der Waals surface area contributed by atoms with Crippen molar-refractivity contribution in [2.75, 3.05) is 6.54 Å². The van der Waals surface area contributed by atoms with Gasteiger partial charge in [-0.15, -0.1) is 0 Å². The Morgan fingerprint density at radius 3 is 2.32 bits per heavy atom. The maximum absolute atomic E-state index is 4.38. The molecule has 1 heterocycles. The normalized spacial score (nSPS) is 22.2. The predicted octanol–water partition coefficient (Wildman–Crippen LogP) is 4.11. The Balaban J connectivity index is 2.28. The van der Waals surface area contributed by atoms with E-state index in [-0.39, 0.29) is 0 Å². The molecule has 1 fully saturated rings. The zero-order chi connectivity index (χ0) is 14.3. The average molecular weight is 260 g/mol. The third kappa shape index (κ3) is 2.43. The summed E-state index contributed by atoms with van der Waals surface area (Å²) < 4.78 is 0. The van der Waals surface area contributed by atoms with Crippen molar-refractivity contribution in [1.82, 2.24) is 10.3 Å². The van der Waals surface area contributed by atoms with E-state index in [1.54, 1.807) is 0 Å². The van der Waals surface area contributed by atoms with Gasteiger partial charge in [0.1, 0.15) is 0 Å². The van der Waals surface area contributed by atoms with Crippen molar-refractivity contribution < 1.29 is 0 Å². The van der Waals surface area contributed by atoms with Crippen LogP contribution in [0.5, 0.6) is 0 Å². The van der Waals surface area contributed by atoms with Crippen molar-refractivity contribution in [3.8, 4) is 0 Å². The molecule has 1 saturated carbocycles. The topological polar surface area (TPSA) is 24.9 Å². The molecule has 0 saturated heterocycles. The number of hydrogen-bond acceptors (Lipinski definition) is 2. The highest BCUT2D eigenvalue weighted by Crippen LogP contribution is 2.72. The second-order valence-electron chi connectivity index (χ2n) is 7.15. The number of pyridine rings is 1. The Kier molecular flexibility index (Phi) is 3.74. The minimum atomic E-state index is 0.391. The van der Waals surface area contributed by atoms with Crippen molar-refractivity contribution >= 4 is 0 Å². The summed E-state index contributed by atoms with van der Waals surface area (Å²) in [5.41, 5.74) is 3.37. The van der Waals surface area contributed by atoms with Crippen molar-refractivity contribution in [2.24, 2.45) is 16.7 Å². The Bertz CT molecular complexity index is 434. The van der Waals surface area contributed by atoms with E-state index < -0.39 is 0 Å². The number of aryl methyl sites for hydroxylation is 1. The van der Waals surface area contributed by atoms with E-state index in [9.17, 15) is 0 Å². The average Bonchev–Trinajstić information content (AvgIpc) is 2.72. The maximum Gasteiger partial charge on any atom is 0.0374 e. The molecule has 1 aromatic rings. The van der Waals surface area contributed by atoms with Gasteiger partial charge in [-0.05, 0) is 47.8 Å². The van der Waals surface area contributed by atoms with Crippen molar-refractivity contribution in [1.29, 1.82) is 0 Å². The van der Waals surface area contributed by atoms with Gasteiger partial charge in [0.25, 0.3) is 0 Å². The van der Waals surface area contributed by atoms with E-state index in [2.05, 4.69) is 57.9 Å². The SMILES string of the molecule is CCCNC(c1cncc(C)c1)C1C(C)(C)C1(C)C. The maximum atomic E-state index is 4.38. The molecule has 1 unspecified atom stereocenters. The molecule has 0 amide bonds. The molecule has 1 aliphatic carbocycles. The van der Waals surface area contributed by atoms with Gasteiger partial charge in [-0.2, -0.15) is 0 Å². The summed E-state index contributed by atoms with van der Waals surface area (Å²) in [6.07, 6.45) is 5.14. The summed E-state index contributed by atoms with van der Waals surface area (Å²) in [5.74, 6) is 0.676. The molecule has 106 valence electrons. The van der Waals surface area contributed by atoms with Crippen LogP contribution in [0.25, 0.3) is 0 Å². The molecule has 19 heavy (non-hydrogen) atoms. The molecule has 2 rings (SSSR count). The first-order valence-corrected chi connectivity index (χ1v) is 7.47. The highest BCUT2D eigenvalue weighted by Gasteiger charge is 2.67. The number of nitrogens with zero attached hydrogens (tertiary/aromatic N) is 1. The van der Waals surface area contributed by atoms with Crippen LogP contribution in [0.3, 0.4) is 0 Å². The van der Waals surface area contributed by atoms with Gasteiger partial charge in [-0.1, -0.05) is 40.7 Å². The van der Waals surface area contributed by atoms with Crippen LogP contribution in [0.15, 0.2) is 18.5 Å². The van der Waals surface area contributed by atoms with Crippen LogP contribution < -0.4 is 5.32 Å². The number of nitrogens with one attached hydrogen (secondary N) is 1. The highest BCUT2D eigenvalue weighted by atomic mass is 15.0. The summed E-state index contributed by atoms with van der Waals surface area (Å²) >= 11 is 0. The Labute approximate surface area is 118 Å². The molecule has 0 aliphatic heterocycles. The molecule has 0 spiro atoms. The van der Waals surface area contributed by atoms with Crippen LogP contribution in [-0.2, 0) is 0 Å². The van der Waals surface area contributed by atoms with Gasteiger partial charge >= 0.3 is 0 Å². The summed E-state index contributed by atoms with van der Waals surface area (Å²) in [5, 5.41) is 3.75. The summed E-state index contributed by atoms with van der Waals surface area (Å²) in [4.78, 5) is 4.38. The van der Waals surface area contributed by atoms with Crippen LogP contribution in [-0.4, -0.2) is 11.5 Å². The van der Waals surface area contributed by atoms with Gasteiger partial charge in [0.15, 0.2) is 0 Å². The predicted molar refractivity (Wildman–Crippen MR) is 81.1 cm³/mol. The molecular weight excluding hydrogens is 232 g/mol. The van der Waals surface area contributed by atoms with E-state index in [4.69, 9.17) is 0 Å². The van der Waals surface area contributed by atoms with E-state index in [0.29, 0.717) is 22.8 Å². The van der Waals surface area contributed by atoms with Crippen LogP contribution in [0.1, 0.15) is 58.2 Å². The third-order valence-corrected chi connectivity index (χ3v) is 5.34. The quantitative estimate of drug-likeness (QED) is 0.861. The van der Waals surface area contributed by atoms with Crippen LogP contribution in [0.2, 0.25) is 0 Å². The zero-order valence-corrected chi connectivity index (χ0v) is 13.2. The van der Waals surface area contributed by atoms with Gasteiger partial charge in [0, 0.05) is 18.4 Å². The van der Waals surface area contributed by atoms with E-state index in [0.717, 1.165) is 6.54 Å². The van der Waals surface area contributed by atoms with Gasteiger partial charge in [0.2, 0.25) is 0 Å². The third-order valence-electron chi connectivity index (χ3n) is 5.34. The molecule has 0 bridgehead atoms. The molecule has 1 atom stereocenters. The Hall–Kier alpha value is -0.890. The van der Waals surface area contributed by atoms with Crippen molar-refractivity contribution in [3.63, 3.8) is 0 Å². The summed E-state index contributed by atoms with van der Waals surface area (Å²) in [6, 6.07) is 2.71. The van der Waals surface area contributed by atoms with E-state index >= 15 is 0 Å². The summed E-state index contributed by atoms with van der Waals surface area (Å²) in [6.45, 7) is 15.0. The molecule has 0 aromatic carbocycles. The van der Waals surface area contributed by atoms with Crippen LogP contribution in [0.4, 0.5) is 0 Å². The monoisotopic (exact) mass is 260 g/mol. The zero-order valence-electron chi connectivity index (χ0n) is 13.2. The van der Waals surface area contributed by atoms with Crippen LogP contribution >= 0.6 is 0 Å². The number of aromatic nitrogens is 1. The first kappa shape index (κ1) is 14.5. The van der Waals surface area contributed by atoms with E-state index in [1.165, 1.54) is 17.5 Å².